The van der Waals surface area contributed by atoms with E-state index in [1.54, 1.807) is 26.0 Å². The monoisotopic (exact) mass is 341 g/mol. The second kappa shape index (κ2) is 8.42. The Morgan fingerprint density at radius 2 is 2.13 bits per heavy atom. The summed E-state index contributed by atoms with van der Waals surface area (Å²) in [6.07, 6.45) is 2.06. The Kier molecular flexibility index (Phi) is 6.56. The molecule has 0 amide bonds. The maximum atomic E-state index is 11.0. The lowest BCUT2D eigenvalue weighted by Crippen LogP contribution is -2.45. The summed E-state index contributed by atoms with van der Waals surface area (Å²) in [6.45, 7) is 2.36. The van der Waals surface area contributed by atoms with Gasteiger partial charge in [0.2, 0.25) is 0 Å². The molecule has 6 nitrogen and oxygen atoms in total. The Hall–Kier alpha value is -1.44. The van der Waals surface area contributed by atoms with Gasteiger partial charge in [0.25, 0.3) is 0 Å². The van der Waals surface area contributed by atoms with E-state index in [0.717, 1.165) is 22.0 Å². The summed E-state index contributed by atoms with van der Waals surface area (Å²) in [6, 6.07) is 3.81. The van der Waals surface area contributed by atoms with Crippen molar-refractivity contribution in [3.05, 3.63) is 17.7 Å². The minimum absolute atomic E-state index is 0.0718. The maximum absolute atomic E-state index is 11.0. The first-order valence-corrected chi connectivity index (χ1v) is 8.64. The van der Waals surface area contributed by atoms with Gasteiger partial charge in [-0.2, -0.15) is 0 Å². The number of hydrogen-bond donors (Lipinski definition) is 1. The van der Waals surface area contributed by atoms with Crippen LogP contribution in [-0.4, -0.2) is 62.3 Å². The van der Waals surface area contributed by atoms with Crippen molar-refractivity contribution in [3.8, 4) is 11.5 Å². The molecule has 2 rings (SSSR count). The van der Waals surface area contributed by atoms with Gasteiger partial charge < -0.3 is 19.3 Å². The summed E-state index contributed by atoms with van der Waals surface area (Å²) in [4.78, 5) is 14.2. The van der Waals surface area contributed by atoms with E-state index in [1.807, 2.05) is 18.4 Å². The number of morpholine rings is 1. The summed E-state index contributed by atoms with van der Waals surface area (Å²) < 4.78 is 16.4. The van der Waals surface area contributed by atoms with Crippen LogP contribution in [0.4, 0.5) is 0 Å². The fourth-order valence-corrected chi connectivity index (χ4v) is 3.29. The number of benzene rings is 1. The van der Waals surface area contributed by atoms with E-state index in [-0.39, 0.29) is 12.5 Å². The lowest BCUT2D eigenvalue weighted by molar-refractivity contribution is -0.140. The van der Waals surface area contributed by atoms with Crippen LogP contribution >= 0.6 is 11.8 Å². The van der Waals surface area contributed by atoms with Gasteiger partial charge in [-0.3, -0.25) is 9.69 Å². The number of hydrogen-bond acceptors (Lipinski definition) is 6. The van der Waals surface area contributed by atoms with E-state index < -0.39 is 5.97 Å². The molecule has 128 valence electrons. The molecule has 1 aromatic rings. The fourth-order valence-electron chi connectivity index (χ4n) is 2.72. The number of ether oxygens (including phenoxy) is 3. The molecule has 1 aromatic carbocycles. The van der Waals surface area contributed by atoms with E-state index in [1.165, 1.54) is 0 Å². The van der Waals surface area contributed by atoms with Crippen molar-refractivity contribution in [1.82, 2.24) is 4.90 Å². The van der Waals surface area contributed by atoms with Gasteiger partial charge in [0.1, 0.15) is 11.5 Å². The normalized spacial score (nSPS) is 18.7. The molecule has 1 atom stereocenters. The SMILES string of the molecule is COc1cc(SC)c(OC)cc1CN1CCOC[C@@H]1CC(=O)O. The van der Waals surface area contributed by atoms with Crippen LogP contribution in [0.25, 0.3) is 0 Å². The molecule has 1 aliphatic rings. The number of thioether (sulfide) groups is 1. The second-order valence-electron chi connectivity index (χ2n) is 5.32. The third-order valence-electron chi connectivity index (χ3n) is 3.92. The first-order valence-electron chi connectivity index (χ1n) is 7.41. The second-order valence-corrected chi connectivity index (χ2v) is 6.16. The zero-order valence-electron chi connectivity index (χ0n) is 13.7. The predicted molar refractivity (Wildman–Crippen MR) is 88.6 cm³/mol. The minimum Gasteiger partial charge on any atom is -0.496 e. The zero-order chi connectivity index (χ0) is 16.8. The van der Waals surface area contributed by atoms with Gasteiger partial charge >= 0.3 is 5.97 Å². The van der Waals surface area contributed by atoms with Crippen molar-refractivity contribution < 1.29 is 24.1 Å². The van der Waals surface area contributed by atoms with Crippen molar-refractivity contribution in [2.45, 2.75) is 23.9 Å². The van der Waals surface area contributed by atoms with E-state index in [9.17, 15) is 4.79 Å². The first kappa shape index (κ1) is 17.9. The highest BCUT2D eigenvalue weighted by Crippen LogP contribution is 2.35. The lowest BCUT2D eigenvalue weighted by Gasteiger charge is -2.35. The third kappa shape index (κ3) is 4.53. The quantitative estimate of drug-likeness (QED) is 0.762. The predicted octanol–water partition coefficient (Wildman–Crippen LogP) is 2.10. The number of nitrogens with zero attached hydrogens (tertiary/aromatic N) is 1. The number of methoxy groups -OCH3 is 2. The largest absolute Gasteiger partial charge is 0.496 e. The Morgan fingerprint density at radius 1 is 1.39 bits per heavy atom. The molecule has 1 heterocycles. The van der Waals surface area contributed by atoms with Crippen LogP contribution in [-0.2, 0) is 16.1 Å². The third-order valence-corrected chi connectivity index (χ3v) is 4.68. The summed E-state index contributed by atoms with van der Waals surface area (Å²) in [5.74, 6) is 0.778. The Labute approximate surface area is 140 Å². The molecule has 0 aromatic heterocycles. The lowest BCUT2D eigenvalue weighted by atomic mass is 10.1. The fraction of sp³-hybridized carbons (Fsp3) is 0.562. The van der Waals surface area contributed by atoms with Crippen LogP contribution in [0.15, 0.2) is 17.0 Å². The highest BCUT2D eigenvalue weighted by Gasteiger charge is 2.26. The van der Waals surface area contributed by atoms with Crippen molar-refractivity contribution in [1.29, 1.82) is 0 Å². The van der Waals surface area contributed by atoms with Gasteiger partial charge in [-0.05, 0) is 18.4 Å². The number of carboxylic acids is 1. The standard InChI is InChI=1S/C16H23NO5S/c1-20-13-8-15(23-3)14(21-2)6-11(13)9-17-4-5-22-10-12(17)7-16(18)19/h6,8,12H,4-5,7,9-10H2,1-3H3,(H,18,19)/t12-/m0/s1. The molecule has 0 radical (unpaired) electrons. The van der Waals surface area contributed by atoms with Crippen LogP contribution < -0.4 is 9.47 Å². The van der Waals surface area contributed by atoms with Crippen LogP contribution in [0.2, 0.25) is 0 Å². The molecule has 0 spiro atoms. The van der Waals surface area contributed by atoms with Gasteiger partial charge in [0, 0.05) is 24.7 Å². The molecular weight excluding hydrogens is 318 g/mol. The van der Waals surface area contributed by atoms with Crippen LogP contribution in [0, 0.1) is 0 Å². The van der Waals surface area contributed by atoms with Gasteiger partial charge in [0.05, 0.1) is 38.7 Å². The van der Waals surface area contributed by atoms with Crippen molar-refractivity contribution in [2.75, 3.05) is 40.2 Å². The van der Waals surface area contributed by atoms with Crippen LogP contribution in [0.3, 0.4) is 0 Å². The molecule has 0 aliphatic carbocycles. The van der Waals surface area contributed by atoms with Crippen molar-refractivity contribution in [2.24, 2.45) is 0 Å². The number of carboxylic acid groups (broad SMARTS) is 1. The van der Waals surface area contributed by atoms with Gasteiger partial charge in [-0.15, -0.1) is 11.8 Å². The average molecular weight is 341 g/mol. The highest BCUT2D eigenvalue weighted by atomic mass is 32.2. The van der Waals surface area contributed by atoms with Gasteiger partial charge in [0.15, 0.2) is 0 Å². The Bertz CT molecular complexity index is 552. The summed E-state index contributed by atoms with van der Waals surface area (Å²) in [5, 5.41) is 9.07. The molecule has 1 aliphatic heterocycles. The average Bonchev–Trinajstić information content (AvgIpc) is 2.55. The molecule has 0 saturated carbocycles. The zero-order valence-corrected chi connectivity index (χ0v) is 14.5. The van der Waals surface area contributed by atoms with Crippen molar-refractivity contribution in [3.63, 3.8) is 0 Å². The summed E-state index contributed by atoms with van der Waals surface area (Å²) in [5.41, 5.74) is 0.986. The smallest absolute Gasteiger partial charge is 0.305 e. The summed E-state index contributed by atoms with van der Waals surface area (Å²) >= 11 is 1.60. The molecular formula is C16H23NO5S. The maximum Gasteiger partial charge on any atom is 0.305 e. The summed E-state index contributed by atoms with van der Waals surface area (Å²) in [7, 11) is 3.29. The number of aliphatic carboxylic acids is 1. The minimum atomic E-state index is -0.812. The Balaban J connectivity index is 2.24. The van der Waals surface area contributed by atoms with E-state index in [0.29, 0.717) is 26.3 Å². The first-order chi connectivity index (χ1) is 11.1. The molecule has 1 fully saturated rings. The molecule has 1 N–H and O–H groups in total. The Morgan fingerprint density at radius 3 is 2.74 bits per heavy atom. The van der Waals surface area contributed by atoms with E-state index >= 15 is 0 Å². The number of carbonyl (C=O) groups is 1. The highest BCUT2D eigenvalue weighted by molar-refractivity contribution is 7.98. The van der Waals surface area contributed by atoms with E-state index in [4.69, 9.17) is 19.3 Å². The number of rotatable bonds is 7. The van der Waals surface area contributed by atoms with Gasteiger partial charge in [-0.1, -0.05) is 0 Å². The van der Waals surface area contributed by atoms with Crippen LogP contribution in [0.5, 0.6) is 11.5 Å². The molecule has 0 unspecified atom stereocenters. The van der Waals surface area contributed by atoms with Crippen molar-refractivity contribution >= 4 is 17.7 Å². The molecule has 1 saturated heterocycles. The van der Waals surface area contributed by atoms with Crippen LogP contribution in [0.1, 0.15) is 12.0 Å². The topological polar surface area (TPSA) is 68.2 Å². The van der Waals surface area contributed by atoms with E-state index in [2.05, 4.69) is 4.90 Å². The van der Waals surface area contributed by atoms with Gasteiger partial charge in [-0.25, -0.2) is 0 Å². The molecule has 7 heteroatoms. The molecule has 0 bridgehead atoms. The molecule has 23 heavy (non-hydrogen) atoms.